The summed E-state index contributed by atoms with van der Waals surface area (Å²) in [5.74, 6) is 2.82. The first-order valence-corrected chi connectivity index (χ1v) is 6.93. The summed E-state index contributed by atoms with van der Waals surface area (Å²) < 4.78 is 0. The molecule has 0 aromatic heterocycles. The van der Waals surface area contributed by atoms with Crippen LogP contribution >= 0.6 is 0 Å². The smallest absolute Gasteiger partial charge is 0.00708 e. The van der Waals surface area contributed by atoms with Gasteiger partial charge in [0.2, 0.25) is 0 Å². The third kappa shape index (κ3) is 3.21. The van der Waals surface area contributed by atoms with Crippen LogP contribution in [0.4, 0.5) is 0 Å². The molecule has 2 fully saturated rings. The predicted octanol–water partition coefficient (Wildman–Crippen LogP) is 3.59. The molecule has 4 atom stereocenters. The van der Waals surface area contributed by atoms with Gasteiger partial charge in [0.1, 0.15) is 0 Å². The minimum Gasteiger partial charge on any atom is -0.311 e. The summed E-state index contributed by atoms with van der Waals surface area (Å²) in [6.07, 6.45) is 8.70. The Morgan fingerprint density at radius 3 is 2.40 bits per heavy atom. The van der Waals surface area contributed by atoms with Gasteiger partial charge in [-0.05, 0) is 43.9 Å². The molecule has 0 amide bonds. The van der Waals surface area contributed by atoms with Gasteiger partial charge in [-0.1, -0.05) is 33.1 Å². The zero-order valence-electron chi connectivity index (χ0n) is 10.6. The van der Waals surface area contributed by atoms with Crippen molar-refractivity contribution in [1.29, 1.82) is 0 Å². The summed E-state index contributed by atoms with van der Waals surface area (Å²) in [5.41, 5.74) is 0. The average molecular weight is 209 g/mol. The van der Waals surface area contributed by atoms with Crippen LogP contribution in [0.1, 0.15) is 59.3 Å². The van der Waals surface area contributed by atoms with Gasteiger partial charge < -0.3 is 5.32 Å². The number of nitrogens with one attached hydrogen (secondary N) is 1. The molecule has 4 unspecified atom stereocenters. The summed E-state index contributed by atoms with van der Waals surface area (Å²) in [6.45, 7) is 7.28. The van der Waals surface area contributed by atoms with Crippen molar-refractivity contribution in [3.8, 4) is 0 Å². The fourth-order valence-corrected chi connectivity index (χ4v) is 3.14. The van der Waals surface area contributed by atoms with Crippen LogP contribution in [0.3, 0.4) is 0 Å². The molecular formula is C14H27N. The lowest BCUT2D eigenvalue weighted by atomic mass is 9.74. The summed E-state index contributed by atoms with van der Waals surface area (Å²) in [7, 11) is 0. The Labute approximate surface area is 95.0 Å². The van der Waals surface area contributed by atoms with E-state index in [1.165, 1.54) is 38.5 Å². The molecule has 0 aromatic rings. The van der Waals surface area contributed by atoms with Crippen LogP contribution in [0.5, 0.6) is 0 Å². The molecule has 1 heteroatoms. The number of rotatable bonds is 4. The van der Waals surface area contributed by atoms with E-state index >= 15 is 0 Å². The van der Waals surface area contributed by atoms with Crippen LogP contribution in [-0.2, 0) is 0 Å². The Morgan fingerprint density at radius 1 is 1.07 bits per heavy atom. The van der Waals surface area contributed by atoms with Crippen LogP contribution in [0.2, 0.25) is 0 Å². The molecule has 1 N–H and O–H groups in total. The lowest BCUT2D eigenvalue weighted by molar-refractivity contribution is 0.183. The maximum absolute atomic E-state index is 3.77. The van der Waals surface area contributed by atoms with Crippen molar-refractivity contribution in [1.82, 2.24) is 5.32 Å². The molecule has 2 rings (SSSR count). The van der Waals surface area contributed by atoms with Gasteiger partial charge >= 0.3 is 0 Å². The van der Waals surface area contributed by atoms with Gasteiger partial charge in [-0.2, -0.15) is 0 Å². The highest BCUT2D eigenvalue weighted by molar-refractivity contribution is 4.87. The molecular weight excluding hydrogens is 182 g/mol. The van der Waals surface area contributed by atoms with E-state index in [0.29, 0.717) is 0 Å². The third-order valence-corrected chi connectivity index (χ3v) is 4.59. The SMILES string of the molecule is CC1CCCC(C(C)C(C)NC2CC2)C1. The average Bonchev–Trinajstić information content (AvgIpc) is 3.00. The van der Waals surface area contributed by atoms with Crippen LogP contribution < -0.4 is 5.32 Å². The van der Waals surface area contributed by atoms with Crippen molar-refractivity contribution in [3.05, 3.63) is 0 Å². The molecule has 2 aliphatic rings. The van der Waals surface area contributed by atoms with Gasteiger partial charge in [0.15, 0.2) is 0 Å². The van der Waals surface area contributed by atoms with Crippen molar-refractivity contribution in [2.45, 2.75) is 71.4 Å². The second kappa shape index (κ2) is 4.86. The van der Waals surface area contributed by atoms with Gasteiger partial charge in [0.25, 0.3) is 0 Å². The molecule has 2 aliphatic carbocycles. The van der Waals surface area contributed by atoms with Gasteiger partial charge in [-0.15, -0.1) is 0 Å². The first kappa shape index (κ1) is 11.4. The van der Waals surface area contributed by atoms with E-state index in [1.807, 2.05) is 0 Å². The Kier molecular flexibility index (Phi) is 3.71. The van der Waals surface area contributed by atoms with E-state index in [4.69, 9.17) is 0 Å². The van der Waals surface area contributed by atoms with Crippen LogP contribution in [0.15, 0.2) is 0 Å². The fraction of sp³-hybridized carbons (Fsp3) is 1.00. The molecule has 2 saturated carbocycles. The Morgan fingerprint density at radius 2 is 1.80 bits per heavy atom. The lowest BCUT2D eigenvalue weighted by Crippen LogP contribution is -2.38. The number of hydrogen-bond donors (Lipinski definition) is 1. The topological polar surface area (TPSA) is 12.0 Å². The Balaban J connectivity index is 1.79. The normalized spacial score (nSPS) is 36.2. The van der Waals surface area contributed by atoms with Crippen molar-refractivity contribution in [3.63, 3.8) is 0 Å². The van der Waals surface area contributed by atoms with Crippen molar-refractivity contribution < 1.29 is 0 Å². The summed E-state index contributed by atoms with van der Waals surface area (Å²) >= 11 is 0. The van der Waals surface area contributed by atoms with Gasteiger partial charge in [-0.3, -0.25) is 0 Å². The minimum absolute atomic E-state index is 0.729. The highest BCUT2D eigenvalue weighted by Gasteiger charge is 2.30. The fourth-order valence-electron chi connectivity index (χ4n) is 3.14. The van der Waals surface area contributed by atoms with E-state index in [2.05, 4.69) is 26.1 Å². The Bertz CT molecular complexity index is 198. The number of hydrogen-bond acceptors (Lipinski definition) is 1. The minimum atomic E-state index is 0.729. The zero-order chi connectivity index (χ0) is 10.8. The van der Waals surface area contributed by atoms with E-state index in [1.54, 1.807) is 0 Å². The molecule has 0 bridgehead atoms. The quantitative estimate of drug-likeness (QED) is 0.746. The first-order chi connectivity index (χ1) is 7.16. The maximum Gasteiger partial charge on any atom is 0.00708 e. The lowest BCUT2D eigenvalue weighted by Gasteiger charge is -2.35. The Hall–Kier alpha value is -0.0400. The van der Waals surface area contributed by atoms with E-state index in [-0.39, 0.29) is 0 Å². The molecule has 0 radical (unpaired) electrons. The summed E-state index contributed by atoms with van der Waals surface area (Å²) in [4.78, 5) is 0. The van der Waals surface area contributed by atoms with E-state index in [9.17, 15) is 0 Å². The second-order valence-corrected chi connectivity index (χ2v) is 6.12. The third-order valence-electron chi connectivity index (χ3n) is 4.59. The van der Waals surface area contributed by atoms with Crippen molar-refractivity contribution in [2.75, 3.05) is 0 Å². The molecule has 0 heterocycles. The molecule has 0 saturated heterocycles. The van der Waals surface area contributed by atoms with Gasteiger partial charge in [-0.25, -0.2) is 0 Å². The predicted molar refractivity (Wildman–Crippen MR) is 65.9 cm³/mol. The molecule has 15 heavy (non-hydrogen) atoms. The monoisotopic (exact) mass is 209 g/mol. The molecule has 1 nitrogen and oxygen atoms in total. The largest absolute Gasteiger partial charge is 0.311 e. The van der Waals surface area contributed by atoms with Gasteiger partial charge in [0.05, 0.1) is 0 Å². The highest BCUT2D eigenvalue weighted by atomic mass is 15.0. The molecule has 0 aliphatic heterocycles. The van der Waals surface area contributed by atoms with Crippen LogP contribution in [-0.4, -0.2) is 12.1 Å². The second-order valence-electron chi connectivity index (χ2n) is 6.12. The molecule has 0 spiro atoms. The van der Waals surface area contributed by atoms with Crippen molar-refractivity contribution in [2.24, 2.45) is 17.8 Å². The molecule has 0 aromatic carbocycles. The standard InChI is InChI=1S/C14H27N/c1-10-5-4-6-13(9-10)11(2)12(3)15-14-7-8-14/h10-15H,4-9H2,1-3H3. The van der Waals surface area contributed by atoms with Crippen LogP contribution in [0, 0.1) is 17.8 Å². The summed E-state index contributed by atoms with van der Waals surface area (Å²) in [6, 6.07) is 1.59. The first-order valence-electron chi connectivity index (χ1n) is 6.93. The molecule has 88 valence electrons. The highest BCUT2D eigenvalue weighted by Crippen LogP contribution is 2.35. The van der Waals surface area contributed by atoms with E-state index < -0.39 is 0 Å². The van der Waals surface area contributed by atoms with E-state index in [0.717, 1.165) is 29.8 Å². The summed E-state index contributed by atoms with van der Waals surface area (Å²) in [5, 5.41) is 3.77. The van der Waals surface area contributed by atoms with Crippen molar-refractivity contribution >= 4 is 0 Å². The maximum atomic E-state index is 3.77. The zero-order valence-corrected chi connectivity index (χ0v) is 10.6. The van der Waals surface area contributed by atoms with Crippen LogP contribution in [0.25, 0.3) is 0 Å². The van der Waals surface area contributed by atoms with Gasteiger partial charge in [0, 0.05) is 12.1 Å².